The molecule has 2 fully saturated rings. The Morgan fingerprint density at radius 1 is 1.31 bits per heavy atom. The average Bonchev–Trinajstić information content (AvgIpc) is 2.99. The Balaban J connectivity index is 1.66. The summed E-state index contributed by atoms with van der Waals surface area (Å²) in [6, 6.07) is 2.24. The zero-order valence-corrected chi connectivity index (χ0v) is 10.6. The minimum Gasteiger partial charge on any atom is -0.325 e. The van der Waals surface area contributed by atoms with Crippen LogP contribution in [0.3, 0.4) is 0 Å². The first-order valence-corrected chi connectivity index (χ1v) is 7.49. The summed E-state index contributed by atoms with van der Waals surface area (Å²) in [5.41, 5.74) is 8.16. The molecule has 1 nitrogen and oxygen atoms in total. The fourth-order valence-corrected chi connectivity index (χ4v) is 4.04. The highest BCUT2D eigenvalue weighted by molar-refractivity contribution is 7.07. The second-order valence-electron chi connectivity index (χ2n) is 5.86. The Labute approximate surface area is 102 Å². The summed E-state index contributed by atoms with van der Waals surface area (Å²) in [5, 5.41) is 4.43. The summed E-state index contributed by atoms with van der Waals surface area (Å²) in [6.07, 6.45) is 9.33. The van der Waals surface area contributed by atoms with Crippen LogP contribution in [0, 0.1) is 11.8 Å². The largest absolute Gasteiger partial charge is 0.325 e. The molecule has 88 valence electrons. The van der Waals surface area contributed by atoms with Crippen molar-refractivity contribution in [2.24, 2.45) is 17.6 Å². The molecule has 16 heavy (non-hydrogen) atoms. The fourth-order valence-electron chi connectivity index (χ4n) is 3.37. The Bertz CT molecular complexity index is 342. The van der Waals surface area contributed by atoms with E-state index < -0.39 is 0 Å². The van der Waals surface area contributed by atoms with Crippen LogP contribution >= 0.6 is 11.3 Å². The lowest BCUT2D eigenvalue weighted by Gasteiger charge is -2.38. The SMILES string of the molecule is NC1(Cc2ccsc2)CCCC(C2CC2)C1. The summed E-state index contributed by atoms with van der Waals surface area (Å²) in [6.45, 7) is 0. The Morgan fingerprint density at radius 2 is 2.19 bits per heavy atom. The molecule has 0 aliphatic heterocycles. The van der Waals surface area contributed by atoms with Gasteiger partial charge in [-0.2, -0.15) is 11.3 Å². The molecule has 2 atom stereocenters. The van der Waals surface area contributed by atoms with Gasteiger partial charge in [0.25, 0.3) is 0 Å². The van der Waals surface area contributed by atoms with Crippen LogP contribution in [0.25, 0.3) is 0 Å². The van der Waals surface area contributed by atoms with E-state index >= 15 is 0 Å². The van der Waals surface area contributed by atoms with E-state index in [4.69, 9.17) is 5.73 Å². The number of thiophene rings is 1. The predicted octanol–water partition coefficient (Wildman–Crippen LogP) is 3.59. The highest BCUT2D eigenvalue weighted by Crippen LogP contribution is 2.46. The monoisotopic (exact) mass is 235 g/mol. The molecule has 3 rings (SSSR count). The molecule has 0 bridgehead atoms. The van der Waals surface area contributed by atoms with Crippen LogP contribution in [0.2, 0.25) is 0 Å². The third-order valence-corrected chi connectivity index (χ3v) is 5.08. The van der Waals surface area contributed by atoms with E-state index in [1.807, 2.05) is 0 Å². The van der Waals surface area contributed by atoms with Crippen LogP contribution < -0.4 is 5.73 Å². The summed E-state index contributed by atoms with van der Waals surface area (Å²) >= 11 is 1.79. The van der Waals surface area contributed by atoms with Crippen molar-refractivity contribution in [1.82, 2.24) is 0 Å². The van der Waals surface area contributed by atoms with Gasteiger partial charge in [0.1, 0.15) is 0 Å². The molecule has 2 heteroatoms. The maximum Gasteiger partial charge on any atom is 0.0198 e. The first-order valence-electron chi connectivity index (χ1n) is 6.55. The molecular formula is C14H21NS. The summed E-state index contributed by atoms with van der Waals surface area (Å²) in [7, 11) is 0. The first-order chi connectivity index (χ1) is 7.75. The van der Waals surface area contributed by atoms with Crippen LogP contribution in [0.4, 0.5) is 0 Å². The maximum atomic E-state index is 6.61. The lowest BCUT2D eigenvalue weighted by molar-refractivity contribution is 0.204. The smallest absolute Gasteiger partial charge is 0.0198 e. The van der Waals surface area contributed by atoms with Gasteiger partial charge >= 0.3 is 0 Å². The molecule has 0 aromatic carbocycles. The van der Waals surface area contributed by atoms with Gasteiger partial charge in [0.05, 0.1) is 0 Å². The zero-order chi connectivity index (χ0) is 11.0. The molecule has 0 saturated heterocycles. The minimum absolute atomic E-state index is 0.104. The molecule has 2 aliphatic carbocycles. The van der Waals surface area contributed by atoms with Crippen molar-refractivity contribution in [3.05, 3.63) is 22.4 Å². The molecule has 0 amide bonds. The van der Waals surface area contributed by atoms with Gasteiger partial charge in [0.15, 0.2) is 0 Å². The van der Waals surface area contributed by atoms with Crippen molar-refractivity contribution in [2.45, 2.75) is 50.5 Å². The van der Waals surface area contributed by atoms with Crippen molar-refractivity contribution >= 4 is 11.3 Å². The normalized spacial score (nSPS) is 35.2. The van der Waals surface area contributed by atoms with Crippen LogP contribution in [-0.4, -0.2) is 5.54 Å². The van der Waals surface area contributed by atoms with E-state index in [0.717, 1.165) is 18.3 Å². The van der Waals surface area contributed by atoms with Gasteiger partial charge in [-0.1, -0.05) is 12.8 Å². The molecule has 0 radical (unpaired) electrons. The molecule has 0 spiro atoms. The third-order valence-electron chi connectivity index (χ3n) is 4.34. The van der Waals surface area contributed by atoms with E-state index in [2.05, 4.69) is 16.8 Å². The lowest BCUT2D eigenvalue weighted by Crippen LogP contribution is -2.46. The zero-order valence-electron chi connectivity index (χ0n) is 9.82. The molecule has 1 aromatic heterocycles. The van der Waals surface area contributed by atoms with Crippen molar-refractivity contribution < 1.29 is 0 Å². The third kappa shape index (κ3) is 2.33. The van der Waals surface area contributed by atoms with Gasteiger partial charge in [0, 0.05) is 5.54 Å². The van der Waals surface area contributed by atoms with Gasteiger partial charge in [-0.05, 0) is 66.3 Å². The first kappa shape index (κ1) is 10.8. The topological polar surface area (TPSA) is 26.0 Å². The molecule has 2 unspecified atom stereocenters. The van der Waals surface area contributed by atoms with Crippen LogP contribution in [0.1, 0.15) is 44.1 Å². The minimum atomic E-state index is 0.104. The second kappa shape index (κ2) is 4.15. The Morgan fingerprint density at radius 3 is 2.88 bits per heavy atom. The fraction of sp³-hybridized carbons (Fsp3) is 0.714. The lowest BCUT2D eigenvalue weighted by atomic mass is 9.72. The molecule has 1 aromatic rings. The number of hydrogen-bond acceptors (Lipinski definition) is 2. The van der Waals surface area contributed by atoms with Gasteiger partial charge in [-0.15, -0.1) is 0 Å². The molecule has 2 aliphatic rings. The van der Waals surface area contributed by atoms with Gasteiger partial charge in [-0.25, -0.2) is 0 Å². The van der Waals surface area contributed by atoms with E-state index in [0.29, 0.717) is 0 Å². The predicted molar refractivity (Wildman–Crippen MR) is 69.6 cm³/mol. The van der Waals surface area contributed by atoms with Crippen molar-refractivity contribution in [3.8, 4) is 0 Å². The highest BCUT2D eigenvalue weighted by Gasteiger charge is 2.39. The molecule has 1 heterocycles. The summed E-state index contributed by atoms with van der Waals surface area (Å²) in [4.78, 5) is 0. The van der Waals surface area contributed by atoms with Crippen LogP contribution in [-0.2, 0) is 6.42 Å². The maximum absolute atomic E-state index is 6.61. The second-order valence-corrected chi connectivity index (χ2v) is 6.64. The van der Waals surface area contributed by atoms with Gasteiger partial charge in [-0.3, -0.25) is 0 Å². The Kier molecular flexibility index (Phi) is 2.80. The average molecular weight is 235 g/mol. The van der Waals surface area contributed by atoms with Crippen molar-refractivity contribution in [2.75, 3.05) is 0 Å². The number of rotatable bonds is 3. The van der Waals surface area contributed by atoms with Gasteiger partial charge in [0.2, 0.25) is 0 Å². The molecule has 2 N–H and O–H groups in total. The number of nitrogens with two attached hydrogens (primary N) is 1. The van der Waals surface area contributed by atoms with Gasteiger partial charge < -0.3 is 5.73 Å². The van der Waals surface area contributed by atoms with Crippen molar-refractivity contribution in [3.63, 3.8) is 0 Å². The van der Waals surface area contributed by atoms with E-state index in [9.17, 15) is 0 Å². The number of hydrogen-bond donors (Lipinski definition) is 1. The standard InChI is InChI=1S/C14H21NS/c15-14(8-11-5-7-16-10-11)6-1-2-13(9-14)12-3-4-12/h5,7,10,12-13H,1-4,6,8-9,15H2. The summed E-state index contributed by atoms with van der Waals surface area (Å²) < 4.78 is 0. The molecule has 2 saturated carbocycles. The highest BCUT2D eigenvalue weighted by atomic mass is 32.1. The Hall–Kier alpha value is -0.340. The summed E-state index contributed by atoms with van der Waals surface area (Å²) in [5.74, 6) is 1.98. The quantitative estimate of drug-likeness (QED) is 0.851. The van der Waals surface area contributed by atoms with E-state index in [1.165, 1.54) is 44.1 Å². The van der Waals surface area contributed by atoms with E-state index in [-0.39, 0.29) is 5.54 Å². The van der Waals surface area contributed by atoms with E-state index in [1.54, 1.807) is 11.3 Å². The van der Waals surface area contributed by atoms with Crippen molar-refractivity contribution in [1.29, 1.82) is 0 Å². The molecular weight excluding hydrogens is 214 g/mol. The van der Waals surface area contributed by atoms with Crippen LogP contribution in [0.15, 0.2) is 16.8 Å². The van der Waals surface area contributed by atoms with Crippen LogP contribution in [0.5, 0.6) is 0 Å².